The Morgan fingerprint density at radius 3 is 2.92 bits per heavy atom. The maximum atomic E-state index is 5.32. The minimum atomic E-state index is 0.638. The van der Waals surface area contributed by atoms with Crippen molar-refractivity contribution in [2.75, 3.05) is 13.0 Å². The molecule has 0 bridgehead atoms. The zero-order valence-corrected chi connectivity index (χ0v) is 7.73. The average Bonchev–Trinajstić information content (AvgIpc) is 2.15. The van der Waals surface area contributed by atoms with Gasteiger partial charge in [-0.1, -0.05) is 29.8 Å². The van der Waals surface area contributed by atoms with E-state index in [1.807, 2.05) is 24.3 Å². The van der Waals surface area contributed by atoms with Crippen molar-refractivity contribution in [1.29, 1.82) is 0 Å². The topological polar surface area (TPSA) is 9.23 Å². The predicted molar refractivity (Wildman–Crippen MR) is 52.1 cm³/mol. The molecule has 0 fully saturated rings. The molecule has 0 atom stereocenters. The summed E-state index contributed by atoms with van der Waals surface area (Å²) in [5.41, 5.74) is 0.930. The molecule has 0 aromatic heterocycles. The van der Waals surface area contributed by atoms with Gasteiger partial charge in [-0.05, 0) is 12.1 Å². The Bertz CT molecular complexity index is 288. The highest BCUT2D eigenvalue weighted by atomic mass is 32.2. The van der Waals surface area contributed by atoms with E-state index in [9.17, 15) is 0 Å². The van der Waals surface area contributed by atoms with Gasteiger partial charge in [-0.2, -0.15) is 0 Å². The molecule has 0 saturated carbocycles. The normalized spacial score (nSPS) is 9.33. The van der Waals surface area contributed by atoms with Crippen LogP contribution in [0.15, 0.2) is 29.2 Å². The number of hydrogen-bond acceptors (Lipinski definition) is 2. The van der Waals surface area contributed by atoms with Crippen molar-refractivity contribution in [1.82, 2.24) is 0 Å². The van der Waals surface area contributed by atoms with E-state index in [4.69, 9.17) is 11.2 Å². The van der Waals surface area contributed by atoms with Gasteiger partial charge in [0, 0.05) is 17.6 Å². The summed E-state index contributed by atoms with van der Waals surface area (Å²) in [5, 5.41) is 0. The number of benzene rings is 1. The highest BCUT2D eigenvalue weighted by Gasteiger charge is 1.97. The third-order valence-electron chi connectivity index (χ3n) is 1.37. The van der Waals surface area contributed by atoms with Crippen LogP contribution in [0.4, 0.5) is 0 Å². The van der Waals surface area contributed by atoms with Crippen molar-refractivity contribution in [2.24, 2.45) is 0 Å². The lowest BCUT2D eigenvalue weighted by Gasteiger charge is -2.01. The minimum absolute atomic E-state index is 0.638. The van der Waals surface area contributed by atoms with E-state index >= 15 is 0 Å². The fraction of sp³-hybridized carbons (Fsp3) is 0.200. The first-order valence-electron chi connectivity index (χ1n) is 3.56. The molecule has 2 heteroatoms. The van der Waals surface area contributed by atoms with Crippen LogP contribution in [0.1, 0.15) is 5.56 Å². The van der Waals surface area contributed by atoms with Crippen LogP contribution in [-0.4, -0.2) is 13.0 Å². The van der Waals surface area contributed by atoms with Crippen LogP contribution < -0.4 is 0 Å². The molecule has 0 unspecified atom stereocenters. The molecular weight excluding hydrogens is 168 g/mol. The summed E-state index contributed by atoms with van der Waals surface area (Å²) in [6.07, 6.45) is 5.32. The van der Waals surface area contributed by atoms with E-state index in [-0.39, 0.29) is 0 Å². The Labute approximate surface area is 77.1 Å². The molecule has 0 N–H and O–H groups in total. The van der Waals surface area contributed by atoms with E-state index in [0.717, 1.165) is 10.5 Å². The van der Waals surface area contributed by atoms with E-state index in [2.05, 4.69) is 5.92 Å². The van der Waals surface area contributed by atoms with Crippen molar-refractivity contribution in [3.63, 3.8) is 0 Å². The van der Waals surface area contributed by atoms with Crippen LogP contribution in [0, 0.1) is 12.3 Å². The van der Waals surface area contributed by atoms with Gasteiger partial charge in [0.1, 0.15) is 0 Å². The number of hydrogen-bond donors (Lipinski definition) is 0. The van der Waals surface area contributed by atoms with E-state index in [1.165, 1.54) is 0 Å². The lowest BCUT2D eigenvalue weighted by atomic mass is 10.2. The van der Waals surface area contributed by atoms with Gasteiger partial charge in [0.15, 0.2) is 0 Å². The third-order valence-corrected chi connectivity index (χ3v) is 2.40. The standard InChI is InChI=1S/C10H10OS/c1-3-9-6-4-5-7-10(9)12-8-11-2/h1,4-7H,8H2,2H3. The fourth-order valence-corrected chi connectivity index (χ4v) is 1.54. The van der Waals surface area contributed by atoms with Gasteiger partial charge >= 0.3 is 0 Å². The summed E-state index contributed by atoms with van der Waals surface area (Å²) in [6.45, 7) is 0. The van der Waals surface area contributed by atoms with Crippen molar-refractivity contribution in [2.45, 2.75) is 4.90 Å². The van der Waals surface area contributed by atoms with Crippen LogP contribution in [0.2, 0.25) is 0 Å². The first-order chi connectivity index (χ1) is 5.88. The van der Waals surface area contributed by atoms with Crippen molar-refractivity contribution in [3.8, 4) is 12.3 Å². The van der Waals surface area contributed by atoms with Gasteiger partial charge in [0.05, 0.1) is 5.94 Å². The molecule has 0 heterocycles. The molecule has 0 saturated heterocycles. The van der Waals surface area contributed by atoms with Gasteiger partial charge in [-0.3, -0.25) is 0 Å². The molecule has 1 rings (SSSR count). The Morgan fingerprint density at radius 2 is 2.25 bits per heavy atom. The van der Waals surface area contributed by atoms with Crippen molar-refractivity contribution < 1.29 is 4.74 Å². The Hall–Kier alpha value is -0.910. The van der Waals surface area contributed by atoms with Gasteiger partial charge in [0.25, 0.3) is 0 Å². The molecule has 1 aromatic carbocycles. The average molecular weight is 178 g/mol. The summed E-state index contributed by atoms with van der Waals surface area (Å²) >= 11 is 1.61. The molecular formula is C10H10OS. The summed E-state index contributed by atoms with van der Waals surface area (Å²) in [6, 6.07) is 7.84. The quantitative estimate of drug-likeness (QED) is 0.399. The molecule has 12 heavy (non-hydrogen) atoms. The van der Waals surface area contributed by atoms with E-state index in [0.29, 0.717) is 5.94 Å². The van der Waals surface area contributed by atoms with Crippen LogP contribution >= 0.6 is 11.8 Å². The summed E-state index contributed by atoms with van der Waals surface area (Å²) in [7, 11) is 1.67. The van der Waals surface area contributed by atoms with Gasteiger partial charge in [-0.15, -0.1) is 6.42 Å². The molecule has 62 valence electrons. The largest absolute Gasteiger partial charge is 0.374 e. The van der Waals surface area contributed by atoms with Gasteiger partial charge in [0.2, 0.25) is 0 Å². The number of rotatable bonds is 3. The van der Waals surface area contributed by atoms with Crippen LogP contribution in [-0.2, 0) is 4.74 Å². The SMILES string of the molecule is C#Cc1ccccc1SCOC. The Morgan fingerprint density at radius 1 is 1.50 bits per heavy atom. The third kappa shape index (κ3) is 2.30. The van der Waals surface area contributed by atoms with Gasteiger partial charge in [-0.25, -0.2) is 0 Å². The smallest absolute Gasteiger partial charge is 0.0963 e. The van der Waals surface area contributed by atoms with E-state index < -0.39 is 0 Å². The molecule has 0 radical (unpaired) electrons. The molecule has 0 aliphatic rings. The molecule has 0 amide bonds. The first-order valence-corrected chi connectivity index (χ1v) is 4.54. The van der Waals surface area contributed by atoms with Crippen molar-refractivity contribution in [3.05, 3.63) is 29.8 Å². The van der Waals surface area contributed by atoms with Gasteiger partial charge < -0.3 is 4.74 Å². The highest BCUT2D eigenvalue weighted by Crippen LogP contribution is 2.21. The minimum Gasteiger partial charge on any atom is -0.374 e. The first kappa shape index (κ1) is 9.18. The summed E-state index contributed by atoms with van der Waals surface area (Å²) < 4.78 is 4.94. The molecule has 0 spiro atoms. The number of ether oxygens (including phenoxy) is 1. The maximum absolute atomic E-state index is 5.32. The number of methoxy groups -OCH3 is 1. The molecule has 1 aromatic rings. The Balaban J connectivity index is 2.77. The zero-order valence-electron chi connectivity index (χ0n) is 6.91. The number of thioether (sulfide) groups is 1. The van der Waals surface area contributed by atoms with Crippen molar-refractivity contribution >= 4 is 11.8 Å². The second kappa shape index (κ2) is 4.87. The summed E-state index contributed by atoms with van der Waals surface area (Å²) in [4.78, 5) is 1.10. The summed E-state index contributed by atoms with van der Waals surface area (Å²) in [5.74, 6) is 3.27. The highest BCUT2D eigenvalue weighted by molar-refractivity contribution is 7.99. The lowest BCUT2D eigenvalue weighted by molar-refractivity contribution is 0.259. The molecule has 0 aliphatic carbocycles. The second-order valence-corrected chi connectivity index (χ2v) is 3.16. The second-order valence-electron chi connectivity index (χ2n) is 2.19. The molecule has 1 nitrogen and oxygen atoms in total. The maximum Gasteiger partial charge on any atom is 0.0963 e. The van der Waals surface area contributed by atoms with Crippen LogP contribution in [0.5, 0.6) is 0 Å². The predicted octanol–water partition coefficient (Wildman–Crippen LogP) is 2.36. The van der Waals surface area contributed by atoms with Crippen LogP contribution in [0.3, 0.4) is 0 Å². The Kier molecular flexibility index (Phi) is 3.72. The monoisotopic (exact) mass is 178 g/mol. The molecule has 0 aliphatic heterocycles. The van der Waals surface area contributed by atoms with Crippen LogP contribution in [0.25, 0.3) is 0 Å². The zero-order chi connectivity index (χ0) is 8.81. The van der Waals surface area contributed by atoms with E-state index in [1.54, 1.807) is 18.9 Å². The fourth-order valence-electron chi connectivity index (χ4n) is 0.834. The number of terminal acetylenes is 1. The lowest BCUT2D eigenvalue weighted by Crippen LogP contribution is -1.84.